The van der Waals surface area contributed by atoms with E-state index in [9.17, 15) is 4.79 Å². The molecule has 0 bridgehead atoms. The SMILES string of the molecule is O=C(O)c1cccc2ccc3nccn3c12. The Hall–Kier alpha value is -2.36. The second-order valence-electron chi connectivity index (χ2n) is 3.54. The molecule has 0 saturated carbocycles. The highest BCUT2D eigenvalue weighted by Crippen LogP contribution is 2.20. The summed E-state index contributed by atoms with van der Waals surface area (Å²) in [5.41, 5.74) is 1.73. The van der Waals surface area contributed by atoms with Gasteiger partial charge in [0, 0.05) is 12.4 Å². The van der Waals surface area contributed by atoms with Crippen molar-refractivity contribution >= 4 is 22.5 Å². The topological polar surface area (TPSA) is 54.6 Å². The Balaban J connectivity index is 2.59. The Morgan fingerprint density at radius 1 is 1.25 bits per heavy atom. The molecule has 4 heteroatoms. The smallest absolute Gasteiger partial charge is 0.337 e. The Morgan fingerprint density at radius 2 is 2.12 bits per heavy atom. The number of aromatic nitrogens is 2. The third-order valence-corrected chi connectivity index (χ3v) is 2.62. The van der Waals surface area contributed by atoms with Crippen molar-refractivity contribution in [1.82, 2.24) is 9.38 Å². The number of rotatable bonds is 1. The summed E-state index contributed by atoms with van der Waals surface area (Å²) in [6.45, 7) is 0. The van der Waals surface area contributed by atoms with E-state index in [4.69, 9.17) is 5.11 Å². The van der Waals surface area contributed by atoms with Gasteiger partial charge in [-0.15, -0.1) is 0 Å². The van der Waals surface area contributed by atoms with Gasteiger partial charge in [-0.1, -0.05) is 12.1 Å². The van der Waals surface area contributed by atoms with Gasteiger partial charge in [0.1, 0.15) is 5.65 Å². The molecule has 0 amide bonds. The molecule has 16 heavy (non-hydrogen) atoms. The van der Waals surface area contributed by atoms with E-state index < -0.39 is 5.97 Å². The first-order chi connectivity index (χ1) is 7.77. The fourth-order valence-electron chi connectivity index (χ4n) is 1.93. The summed E-state index contributed by atoms with van der Waals surface area (Å²) in [5, 5.41) is 10.0. The molecule has 3 aromatic rings. The summed E-state index contributed by atoms with van der Waals surface area (Å²) < 4.78 is 1.79. The van der Waals surface area contributed by atoms with Crippen molar-refractivity contribution in [2.45, 2.75) is 0 Å². The van der Waals surface area contributed by atoms with Crippen LogP contribution >= 0.6 is 0 Å². The van der Waals surface area contributed by atoms with Crippen LogP contribution in [0, 0.1) is 0 Å². The Morgan fingerprint density at radius 3 is 2.94 bits per heavy atom. The molecule has 0 fully saturated rings. The number of benzene rings is 1. The molecule has 0 saturated heterocycles. The summed E-state index contributed by atoms with van der Waals surface area (Å²) >= 11 is 0. The molecule has 0 atom stereocenters. The molecule has 0 aliphatic heterocycles. The van der Waals surface area contributed by atoms with Crippen LogP contribution in [0.4, 0.5) is 0 Å². The van der Waals surface area contributed by atoms with Crippen LogP contribution in [0.15, 0.2) is 42.7 Å². The Labute approximate surface area is 90.8 Å². The van der Waals surface area contributed by atoms with E-state index in [2.05, 4.69) is 4.98 Å². The zero-order valence-electron chi connectivity index (χ0n) is 8.29. The number of carboxylic acids is 1. The second kappa shape index (κ2) is 3.06. The van der Waals surface area contributed by atoms with Crippen molar-refractivity contribution < 1.29 is 9.90 Å². The number of carboxylic acid groups (broad SMARTS) is 1. The lowest BCUT2D eigenvalue weighted by Gasteiger charge is -2.05. The Kier molecular flexibility index (Phi) is 1.71. The van der Waals surface area contributed by atoms with Crippen LogP contribution in [-0.2, 0) is 0 Å². The number of carbonyl (C=O) groups is 1. The summed E-state index contributed by atoms with van der Waals surface area (Å²) in [5.74, 6) is -0.924. The summed E-state index contributed by atoms with van der Waals surface area (Å²) in [4.78, 5) is 15.3. The second-order valence-corrected chi connectivity index (χ2v) is 3.54. The first kappa shape index (κ1) is 8.91. The highest BCUT2D eigenvalue weighted by molar-refractivity contribution is 6.02. The van der Waals surface area contributed by atoms with Crippen LogP contribution in [0.25, 0.3) is 16.6 Å². The molecule has 0 spiro atoms. The minimum absolute atomic E-state index is 0.293. The van der Waals surface area contributed by atoms with Crippen LogP contribution in [0.1, 0.15) is 10.4 Å². The lowest BCUT2D eigenvalue weighted by atomic mass is 10.1. The van der Waals surface area contributed by atoms with Crippen molar-refractivity contribution in [3.05, 3.63) is 48.3 Å². The molecule has 0 radical (unpaired) electrons. The summed E-state index contributed by atoms with van der Waals surface area (Å²) in [6.07, 6.45) is 3.43. The van der Waals surface area contributed by atoms with E-state index in [1.54, 1.807) is 28.9 Å². The largest absolute Gasteiger partial charge is 0.478 e. The van der Waals surface area contributed by atoms with Crippen LogP contribution in [0.5, 0.6) is 0 Å². The van der Waals surface area contributed by atoms with Crippen molar-refractivity contribution in [2.75, 3.05) is 0 Å². The van der Waals surface area contributed by atoms with E-state index >= 15 is 0 Å². The molecule has 78 valence electrons. The highest BCUT2D eigenvalue weighted by Gasteiger charge is 2.10. The molecule has 3 rings (SSSR count). The minimum atomic E-state index is -0.924. The number of fused-ring (bicyclic) bond motifs is 3. The van der Waals surface area contributed by atoms with Gasteiger partial charge in [-0.05, 0) is 23.6 Å². The monoisotopic (exact) mass is 212 g/mol. The lowest BCUT2D eigenvalue weighted by Crippen LogP contribution is -2.00. The fraction of sp³-hybridized carbons (Fsp3) is 0. The molecule has 4 nitrogen and oxygen atoms in total. The van der Waals surface area contributed by atoms with Gasteiger partial charge in [0.25, 0.3) is 0 Å². The fourth-order valence-corrected chi connectivity index (χ4v) is 1.93. The van der Waals surface area contributed by atoms with Crippen molar-refractivity contribution in [1.29, 1.82) is 0 Å². The number of pyridine rings is 1. The molecule has 2 aromatic heterocycles. The maximum absolute atomic E-state index is 11.1. The average Bonchev–Trinajstić information content (AvgIpc) is 2.76. The summed E-state index contributed by atoms with van der Waals surface area (Å²) in [6, 6.07) is 8.98. The molecule has 0 unspecified atom stereocenters. The van der Waals surface area contributed by atoms with E-state index in [1.807, 2.05) is 18.2 Å². The number of imidazole rings is 1. The number of hydrogen-bond donors (Lipinski definition) is 1. The van der Waals surface area contributed by atoms with Crippen LogP contribution < -0.4 is 0 Å². The third-order valence-electron chi connectivity index (χ3n) is 2.62. The van der Waals surface area contributed by atoms with Crippen molar-refractivity contribution in [2.24, 2.45) is 0 Å². The van der Waals surface area contributed by atoms with Gasteiger partial charge in [-0.2, -0.15) is 0 Å². The normalized spacial score (nSPS) is 11.0. The van der Waals surface area contributed by atoms with Gasteiger partial charge in [-0.25, -0.2) is 9.78 Å². The minimum Gasteiger partial charge on any atom is -0.478 e. The van der Waals surface area contributed by atoms with Crippen LogP contribution in [0.3, 0.4) is 0 Å². The van der Waals surface area contributed by atoms with Gasteiger partial charge in [0.15, 0.2) is 0 Å². The van der Waals surface area contributed by atoms with Crippen LogP contribution in [-0.4, -0.2) is 20.5 Å². The number of nitrogens with zero attached hydrogens (tertiary/aromatic N) is 2. The van der Waals surface area contributed by atoms with Gasteiger partial charge >= 0.3 is 5.97 Å². The number of hydrogen-bond acceptors (Lipinski definition) is 2. The van der Waals surface area contributed by atoms with Crippen molar-refractivity contribution in [3.63, 3.8) is 0 Å². The van der Waals surface area contributed by atoms with Crippen molar-refractivity contribution in [3.8, 4) is 0 Å². The van der Waals surface area contributed by atoms with E-state index in [0.29, 0.717) is 11.1 Å². The molecule has 2 heterocycles. The van der Waals surface area contributed by atoms with Gasteiger partial charge in [-0.3, -0.25) is 4.40 Å². The highest BCUT2D eigenvalue weighted by atomic mass is 16.4. The molecule has 0 aliphatic carbocycles. The third kappa shape index (κ3) is 1.10. The Bertz CT molecular complexity index is 700. The van der Waals surface area contributed by atoms with E-state index in [0.717, 1.165) is 11.0 Å². The van der Waals surface area contributed by atoms with E-state index in [-0.39, 0.29) is 0 Å². The first-order valence-electron chi connectivity index (χ1n) is 4.85. The zero-order chi connectivity index (χ0) is 11.1. The summed E-state index contributed by atoms with van der Waals surface area (Å²) in [7, 11) is 0. The molecule has 1 N–H and O–H groups in total. The predicted octanol–water partition coefficient (Wildman–Crippen LogP) is 2.19. The number of para-hydroxylation sites is 1. The lowest BCUT2D eigenvalue weighted by molar-refractivity contribution is 0.0699. The number of aromatic carboxylic acids is 1. The average molecular weight is 212 g/mol. The predicted molar refractivity (Wildman–Crippen MR) is 59.7 cm³/mol. The van der Waals surface area contributed by atoms with Crippen LogP contribution in [0.2, 0.25) is 0 Å². The zero-order valence-corrected chi connectivity index (χ0v) is 8.29. The van der Waals surface area contributed by atoms with Gasteiger partial charge < -0.3 is 5.11 Å². The molecule has 1 aromatic carbocycles. The quantitative estimate of drug-likeness (QED) is 0.672. The molecular formula is C12H8N2O2. The maximum Gasteiger partial charge on any atom is 0.337 e. The van der Waals surface area contributed by atoms with E-state index in [1.165, 1.54) is 0 Å². The maximum atomic E-state index is 11.1. The molecule has 0 aliphatic rings. The first-order valence-corrected chi connectivity index (χ1v) is 4.85. The van der Waals surface area contributed by atoms with Gasteiger partial charge in [0.05, 0.1) is 11.1 Å². The standard InChI is InChI=1S/C12H8N2O2/c15-12(16)9-3-1-2-8-4-5-10-13-6-7-14(10)11(8)9/h1-7H,(H,15,16). The molecular weight excluding hydrogens is 204 g/mol. The van der Waals surface area contributed by atoms with Gasteiger partial charge in [0.2, 0.25) is 0 Å².